The van der Waals surface area contributed by atoms with Gasteiger partial charge in [0.1, 0.15) is 12.2 Å². The number of rotatable bonds is 4. The molecule has 0 radical (unpaired) electrons. The van der Waals surface area contributed by atoms with Crippen LogP contribution in [0.5, 0.6) is 0 Å². The molecule has 1 heterocycles. The largest absolute Gasteiger partial charge is 0.385 e. The normalized spacial score (nSPS) is 27.6. The van der Waals surface area contributed by atoms with Crippen molar-refractivity contribution in [3.8, 4) is 0 Å². The van der Waals surface area contributed by atoms with Gasteiger partial charge < -0.3 is 14.6 Å². The molecule has 0 amide bonds. The Morgan fingerprint density at radius 2 is 1.95 bits per heavy atom. The molecule has 0 bridgehead atoms. The summed E-state index contributed by atoms with van der Waals surface area (Å²) in [5, 5.41) is 9.76. The maximum Gasteiger partial charge on any atom is 0.297 e. The highest BCUT2D eigenvalue weighted by Crippen LogP contribution is 2.22. The van der Waals surface area contributed by atoms with E-state index in [2.05, 4.69) is 0 Å². The molecule has 0 aliphatic carbocycles. The zero-order valence-electron chi connectivity index (χ0n) is 10.6. The minimum atomic E-state index is -3.92. The van der Waals surface area contributed by atoms with Crippen LogP contribution in [0.15, 0.2) is 29.2 Å². The Morgan fingerprint density at radius 1 is 1.32 bits per heavy atom. The second-order valence-corrected chi connectivity index (χ2v) is 5.90. The molecule has 19 heavy (non-hydrogen) atoms. The van der Waals surface area contributed by atoms with Gasteiger partial charge in [0, 0.05) is 7.11 Å². The van der Waals surface area contributed by atoms with Crippen LogP contribution in [0.3, 0.4) is 0 Å². The fraction of sp³-hybridized carbons (Fsp3) is 0.500. The highest BCUT2D eigenvalue weighted by molar-refractivity contribution is 7.86. The Balaban J connectivity index is 2.12. The lowest BCUT2D eigenvalue weighted by Gasteiger charge is -2.16. The van der Waals surface area contributed by atoms with Crippen molar-refractivity contribution in [1.29, 1.82) is 0 Å². The number of aliphatic hydroxyl groups excluding tert-OH is 1. The lowest BCUT2D eigenvalue weighted by molar-refractivity contribution is -0.134. The summed E-state index contributed by atoms with van der Waals surface area (Å²) in [6.45, 7) is 1.82. The first-order valence-electron chi connectivity index (χ1n) is 5.76. The third-order valence-corrected chi connectivity index (χ3v) is 4.23. The van der Waals surface area contributed by atoms with Crippen molar-refractivity contribution in [3.05, 3.63) is 29.8 Å². The molecule has 1 aromatic carbocycles. The number of methoxy groups -OCH3 is 1. The SMILES string of the molecule is CO[C@H]1OC[C@@H](OS(=O)(=O)c2ccc(C)cc2)[C@@H]1O. The van der Waals surface area contributed by atoms with E-state index in [1.165, 1.54) is 19.2 Å². The van der Waals surface area contributed by atoms with Gasteiger partial charge in [-0.25, -0.2) is 0 Å². The zero-order chi connectivity index (χ0) is 14.0. The number of hydrogen-bond acceptors (Lipinski definition) is 6. The maximum atomic E-state index is 12.0. The van der Waals surface area contributed by atoms with Crippen molar-refractivity contribution < 1.29 is 27.2 Å². The first kappa shape index (κ1) is 14.4. The van der Waals surface area contributed by atoms with Crippen molar-refractivity contribution in [2.45, 2.75) is 30.3 Å². The fourth-order valence-electron chi connectivity index (χ4n) is 1.78. The molecule has 1 aromatic rings. The Morgan fingerprint density at radius 3 is 2.47 bits per heavy atom. The Labute approximate surface area is 112 Å². The van der Waals surface area contributed by atoms with Gasteiger partial charge in [0.2, 0.25) is 0 Å². The first-order valence-corrected chi connectivity index (χ1v) is 7.17. The topological polar surface area (TPSA) is 82.1 Å². The van der Waals surface area contributed by atoms with E-state index in [1.807, 2.05) is 6.92 Å². The van der Waals surface area contributed by atoms with Gasteiger partial charge in [-0.15, -0.1) is 0 Å². The molecule has 1 aliphatic rings. The van der Waals surface area contributed by atoms with Crippen LogP contribution < -0.4 is 0 Å². The number of benzene rings is 1. The van der Waals surface area contributed by atoms with Gasteiger partial charge in [0.25, 0.3) is 10.1 Å². The van der Waals surface area contributed by atoms with Crippen LogP contribution in [0.1, 0.15) is 5.56 Å². The molecule has 106 valence electrons. The number of aliphatic hydroxyl groups is 1. The zero-order valence-corrected chi connectivity index (χ0v) is 11.5. The van der Waals surface area contributed by atoms with Crippen LogP contribution in [0.4, 0.5) is 0 Å². The van der Waals surface area contributed by atoms with E-state index in [0.29, 0.717) is 0 Å². The van der Waals surface area contributed by atoms with E-state index in [-0.39, 0.29) is 11.5 Å². The first-order chi connectivity index (χ1) is 8.94. The van der Waals surface area contributed by atoms with Crippen LogP contribution in [0, 0.1) is 6.92 Å². The fourth-order valence-corrected chi connectivity index (χ4v) is 2.85. The molecule has 1 N–H and O–H groups in total. The van der Waals surface area contributed by atoms with Crippen molar-refractivity contribution >= 4 is 10.1 Å². The van der Waals surface area contributed by atoms with E-state index in [4.69, 9.17) is 13.7 Å². The quantitative estimate of drug-likeness (QED) is 0.809. The summed E-state index contributed by atoms with van der Waals surface area (Å²) in [6, 6.07) is 6.27. The summed E-state index contributed by atoms with van der Waals surface area (Å²) in [4.78, 5) is 0.0474. The van der Waals surface area contributed by atoms with Gasteiger partial charge in [-0.2, -0.15) is 8.42 Å². The predicted molar refractivity (Wildman–Crippen MR) is 66.0 cm³/mol. The average molecular weight is 288 g/mol. The van der Waals surface area contributed by atoms with Gasteiger partial charge in [0.05, 0.1) is 11.5 Å². The van der Waals surface area contributed by atoms with E-state index in [0.717, 1.165) is 5.56 Å². The van der Waals surface area contributed by atoms with E-state index in [1.54, 1.807) is 12.1 Å². The summed E-state index contributed by atoms with van der Waals surface area (Å²) in [7, 11) is -2.55. The van der Waals surface area contributed by atoms with Crippen LogP contribution in [0.2, 0.25) is 0 Å². The summed E-state index contributed by atoms with van der Waals surface area (Å²) >= 11 is 0. The summed E-state index contributed by atoms with van der Waals surface area (Å²) in [6.07, 6.45) is -2.96. The van der Waals surface area contributed by atoms with Crippen molar-refractivity contribution in [1.82, 2.24) is 0 Å². The average Bonchev–Trinajstić information content (AvgIpc) is 2.70. The molecular formula is C12H16O6S. The number of aryl methyl sites for hydroxylation is 1. The van der Waals surface area contributed by atoms with Gasteiger partial charge >= 0.3 is 0 Å². The molecule has 1 aliphatic heterocycles. The molecule has 1 saturated heterocycles. The highest BCUT2D eigenvalue weighted by Gasteiger charge is 2.40. The molecule has 7 heteroatoms. The third kappa shape index (κ3) is 3.13. The van der Waals surface area contributed by atoms with Crippen molar-refractivity contribution in [2.75, 3.05) is 13.7 Å². The molecule has 6 nitrogen and oxygen atoms in total. The third-order valence-electron chi connectivity index (χ3n) is 2.88. The van der Waals surface area contributed by atoms with Crippen LogP contribution in [-0.4, -0.2) is 45.7 Å². The minimum Gasteiger partial charge on any atom is -0.385 e. The van der Waals surface area contributed by atoms with E-state index < -0.39 is 28.6 Å². The second-order valence-electron chi connectivity index (χ2n) is 4.33. The summed E-state index contributed by atoms with van der Waals surface area (Å²) in [5.41, 5.74) is 0.947. The van der Waals surface area contributed by atoms with Crippen LogP contribution in [0.25, 0.3) is 0 Å². The van der Waals surface area contributed by atoms with Crippen molar-refractivity contribution in [3.63, 3.8) is 0 Å². The van der Waals surface area contributed by atoms with Crippen molar-refractivity contribution in [2.24, 2.45) is 0 Å². The number of hydrogen-bond donors (Lipinski definition) is 1. The Kier molecular flexibility index (Phi) is 4.22. The number of ether oxygens (including phenoxy) is 2. The summed E-state index contributed by atoms with van der Waals surface area (Å²) in [5.74, 6) is 0. The van der Waals surface area contributed by atoms with Gasteiger partial charge in [-0.1, -0.05) is 17.7 Å². The van der Waals surface area contributed by atoms with Crippen LogP contribution in [-0.2, 0) is 23.8 Å². The minimum absolute atomic E-state index is 0.0369. The maximum absolute atomic E-state index is 12.0. The van der Waals surface area contributed by atoms with Gasteiger partial charge in [-0.05, 0) is 19.1 Å². The summed E-state index contributed by atoms with van der Waals surface area (Å²) < 4.78 is 38.9. The second kappa shape index (κ2) is 5.56. The lowest BCUT2D eigenvalue weighted by Crippen LogP contribution is -2.34. The molecule has 2 rings (SSSR count). The Bertz CT molecular complexity index is 524. The van der Waals surface area contributed by atoms with E-state index in [9.17, 15) is 13.5 Å². The molecule has 0 saturated carbocycles. The molecule has 0 spiro atoms. The lowest BCUT2D eigenvalue weighted by atomic mass is 10.2. The molecule has 3 atom stereocenters. The molecule has 0 unspecified atom stereocenters. The van der Waals surface area contributed by atoms with Gasteiger partial charge in [0.15, 0.2) is 6.29 Å². The predicted octanol–water partition coefficient (Wildman–Crippen LogP) is 0.433. The molecular weight excluding hydrogens is 272 g/mol. The van der Waals surface area contributed by atoms with E-state index >= 15 is 0 Å². The smallest absolute Gasteiger partial charge is 0.297 e. The monoisotopic (exact) mass is 288 g/mol. The van der Waals surface area contributed by atoms with Gasteiger partial charge in [-0.3, -0.25) is 4.18 Å². The van der Waals surface area contributed by atoms with Crippen LogP contribution >= 0.6 is 0 Å². The molecule has 0 aromatic heterocycles. The highest BCUT2D eigenvalue weighted by atomic mass is 32.2. The standard InChI is InChI=1S/C12H16O6S/c1-8-3-5-9(6-4-8)19(14,15)18-10-7-17-12(16-2)11(10)13/h3-6,10-13H,7H2,1-2H3/t10-,11+,12+/m1/s1. The molecule has 1 fully saturated rings. The Hall–Kier alpha value is -0.990.